The number of allylic oxidation sites excluding steroid dienone is 1. The third kappa shape index (κ3) is 3.85. The van der Waals surface area contributed by atoms with Crippen LogP contribution in [0.3, 0.4) is 0 Å². The van der Waals surface area contributed by atoms with Crippen molar-refractivity contribution in [1.82, 2.24) is 9.62 Å². The van der Waals surface area contributed by atoms with Crippen LogP contribution in [-0.2, 0) is 24.4 Å². The molecule has 8 nitrogen and oxygen atoms in total. The summed E-state index contributed by atoms with van der Waals surface area (Å²) < 4.78 is 27.9. The highest BCUT2D eigenvalue weighted by molar-refractivity contribution is 7.91. The summed E-state index contributed by atoms with van der Waals surface area (Å²) in [5.41, 5.74) is 4.87. The van der Waals surface area contributed by atoms with Gasteiger partial charge < -0.3 is 10.6 Å². The van der Waals surface area contributed by atoms with Crippen molar-refractivity contribution in [3.63, 3.8) is 0 Å². The number of ketones is 1. The number of hydrogen-bond acceptors (Lipinski definition) is 6. The monoisotopic (exact) mass is 575 g/mol. The summed E-state index contributed by atoms with van der Waals surface area (Å²) in [5, 5.41) is 0. The first kappa shape index (κ1) is 29.7. The van der Waals surface area contributed by atoms with E-state index in [1.165, 1.54) is 0 Å². The van der Waals surface area contributed by atoms with Crippen LogP contribution in [0.5, 0.6) is 0 Å². The molecular formula is C31H49N3O5S. The van der Waals surface area contributed by atoms with Crippen molar-refractivity contribution in [3.8, 4) is 0 Å². The van der Waals surface area contributed by atoms with E-state index >= 15 is 0 Å². The Kier molecular flexibility index (Phi) is 6.61. The van der Waals surface area contributed by atoms with E-state index in [1.54, 1.807) is 11.0 Å². The van der Waals surface area contributed by atoms with Crippen molar-refractivity contribution in [2.75, 3.05) is 6.54 Å². The van der Waals surface area contributed by atoms with Crippen molar-refractivity contribution >= 4 is 27.6 Å². The maximum Gasteiger partial charge on any atom is 0.240 e. The first-order valence-corrected chi connectivity index (χ1v) is 16.7. The quantitative estimate of drug-likeness (QED) is 0.378. The van der Waals surface area contributed by atoms with Crippen LogP contribution < -0.4 is 10.5 Å². The fourth-order valence-electron chi connectivity index (χ4n) is 8.86. The van der Waals surface area contributed by atoms with Gasteiger partial charge in [0.2, 0.25) is 21.8 Å². The standard InChI is InChI=1S/C31H49N3O5S/c1-8-11-28(14-15-28)40(38,39)33-25(37)29(16-20(29)9-2)18-22(35)21-17-31(27(6,7)30(31)12-10-13-30)19-34(21)24(36)23(32)26(3,4)5/h9,20-21,23H,2,8,10-19,32H2,1,3-7H3,(H,33,37)/t20-,21+,23-,29-,31-/m1/s1. The number of amides is 2. The molecule has 0 aromatic carbocycles. The molecule has 0 aromatic rings. The van der Waals surface area contributed by atoms with Gasteiger partial charge in [-0.15, -0.1) is 6.58 Å². The highest BCUT2D eigenvalue weighted by atomic mass is 32.2. The summed E-state index contributed by atoms with van der Waals surface area (Å²) in [6.45, 7) is 16.6. The second kappa shape index (κ2) is 8.88. The lowest BCUT2D eigenvalue weighted by Crippen LogP contribution is -2.54. The number of Topliss-reactive ketones (excluding diaryl/α,β-unsaturated/α-hetero) is 1. The lowest BCUT2D eigenvalue weighted by atomic mass is 9.73. The molecule has 5 rings (SSSR count). The van der Waals surface area contributed by atoms with Crippen LogP contribution in [0.15, 0.2) is 12.7 Å². The minimum atomic E-state index is -3.85. The van der Waals surface area contributed by atoms with Gasteiger partial charge in [-0.05, 0) is 67.1 Å². The normalized spacial score (nSPS) is 35.1. The van der Waals surface area contributed by atoms with Gasteiger partial charge >= 0.3 is 0 Å². The number of hydrogen-bond donors (Lipinski definition) is 2. The van der Waals surface area contributed by atoms with Gasteiger partial charge in [0.05, 0.1) is 22.2 Å². The summed E-state index contributed by atoms with van der Waals surface area (Å²) in [4.78, 5) is 43.3. The predicted molar refractivity (Wildman–Crippen MR) is 154 cm³/mol. The summed E-state index contributed by atoms with van der Waals surface area (Å²) in [5.74, 6) is -1.27. The van der Waals surface area contributed by atoms with Crippen LogP contribution in [0, 0.1) is 33.0 Å². The molecule has 0 bridgehead atoms. The summed E-state index contributed by atoms with van der Waals surface area (Å²) in [7, 11) is -3.85. The van der Waals surface area contributed by atoms with Gasteiger partial charge in [-0.2, -0.15) is 0 Å². The zero-order valence-electron chi connectivity index (χ0n) is 25.3. The number of rotatable bonds is 10. The van der Waals surface area contributed by atoms with Gasteiger partial charge in [0.25, 0.3) is 0 Å². The predicted octanol–water partition coefficient (Wildman–Crippen LogP) is 4.09. The van der Waals surface area contributed by atoms with Gasteiger partial charge in [0.1, 0.15) is 0 Å². The second-order valence-corrected chi connectivity index (χ2v) is 17.5. The molecule has 3 N–H and O–H groups in total. The molecule has 1 saturated heterocycles. The maximum absolute atomic E-state index is 14.2. The molecule has 0 unspecified atom stereocenters. The molecule has 5 aliphatic rings. The summed E-state index contributed by atoms with van der Waals surface area (Å²) >= 11 is 0. The molecule has 4 aliphatic carbocycles. The Balaban J connectivity index is 1.40. The highest BCUT2D eigenvalue weighted by Gasteiger charge is 2.85. The highest BCUT2D eigenvalue weighted by Crippen LogP contribution is 2.88. The first-order chi connectivity index (χ1) is 18.4. The van der Waals surface area contributed by atoms with Crippen LogP contribution in [0.1, 0.15) is 106 Å². The van der Waals surface area contributed by atoms with E-state index in [0.717, 1.165) is 25.7 Å². The van der Waals surface area contributed by atoms with Gasteiger partial charge in [0, 0.05) is 18.4 Å². The van der Waals surface area contributed by atoms with Crippen molar-refractivity contribution in [2.24, 2.45) is 38.7 Å². The maximum atomic E-state index is 14.2. The SMILES string of the molecule is C=C[C@@H]1C[C@]1(CC(=O)[C@@H]1C[C@@]2(CN1C(=O)[C@@H](N)C(C)(C)C)C(C)(C)C21CCC1)C(=O)NS(=O)(=O)C1(CCC)CC1. The van der Waals surface area contributed by atoms with E-state index < -0.39 is 43.6 Å². The fourth-order valence-corrected chi connectivity index (χ4v) is 10.6. The number of nitrogens with two attached hydrogens (primary N) is 1. The van der Waals surface area contributed by atoms with Crippen molar-refractivity contribution < 1.29 is 22.8 Å². The molecule has 5 atom stereocenters. The average molecular weight is 576 g/mol. The molecule has 1 aliphatic heterocycles. The Bertz CT molecular complexity index is 1240. The Morgan fingerprint density at radius 3 is 2.15 bits per heavy atom. The third-order valence-electron chi connectivity index (χ3n) is 12.3. The number of nitrogens with one attached hydrogen (secondary N) is 1. The Morgan fingerprint density at radius 2 is 1.73 bits per heavy atom. The number of sulfonamides is 1. The summed E-state index contributed by atoms with van der Waals surface area (Å²) in [6.07, 6.45) is 8.22. The van der Waals surface area contributed by atoms with Crippen LogP contribution in [-0.4, -0.2) is 54.3 Å². The van der Waals surface area contributed by atoms with Crippen molar-refractivity contribution in [3.05, 3.63) is 12.7 Å². The molecule has 1 heterocycles. The molecule has 5 fully saturated rings. The van der Waals surface area contributed by atoms with Gasteiger partial charge in [-0.3, -0.25) is 19.1 Å². The number of fused-ring (bicyclic) bond motifs is 1. The lowest BCUT2D eigenvalue weighted by Gasteiger charge is -2.33. The van der Waals surface area contributed by atoms with Crippen LogP contribution in [0.2, 0.25) is 0 Å². The average Bonchev–Trinajstić information content (AvgIpc) is 3.75. The zero-order chi connectivity index (χ0) is 29.7. The molecule has 40 heavy (non-hydrogen) atoms. The topological polar surface area (TPSA) is 127 Å². The molecule has 9 heteroatoms. The molecule has 0 radical (unpaired) electrons. The van der Waals surface area contributed by atoms with E-state index in [0.29, 0.717) is 38.6 Å². The number of carbonyl (C=O) groups excluding carboxylic acids is 3. The van der Waals surface area contributed by atoms with Crippen molar-refractivity contribution in [1.29, 1.82) is 0 Å². The van der Waals surface area contributed by atoms with Crippen LogP contribution >= 0.6 is 0 Å². The fraction of sp³-hybridized carbons (Fsp3) is 0.839. The molecule has 2 amide bonds. The third-order valence-corrected chi connectivity index (χ3v) is 14.5. The zero-order valence-corrected chi connectivity index (χ0v) is 26.1. The van der Waals surface area contributed by atoms with E-state index in [4.69, 9.17) is 5.73 Å². The van der Waals surface area contributed by atoms with Crippen molar-refractivity contribution in [2.45, 2.75) is 123 Å². The Labute approximate surface area is 240 Å². The second-order valence-electron chi connectivity index (χ2n) is 15.4. The minimum Gasteiger partial charge on any atom is -0.331 e. The van der Waals surface area contributed by atoms with Crippen LogP contribution in [0.25, 0.3) is 0 Å². The number of carbonyl (C=O) groups is 3. The van der Waals surface area contributed by atoms with Crippen LogP contribution in [0.4, 0.5) is 0 Å². The Morgan fingerprint density at radius 1 is 1.10 bits per heavy atom. The number of nitrogens with zero attached hydrogens (tertiary/aromatic N) is 1. The van der Waals surface area contributed by atoms with E-state index in [1.807, 2.05) is 27.7 Å². The van der Waals surface area contributed by atoms with Gasteiger partial charge in [0.15, 0.2) is 5.78 Å². The lowest BCUT2D eigenvalue weighted by molar-refractivity contribution is -0.141. The number of likely N-dealkylation sites (tertiary alicyclic amines) is 1. The largest absolute Gasteiger partial charge is 0.331 e. The molecule has 4 saturated carbocycles. The van der Waals surface area contributed by atoms with Gasteiger partial charge in [-0.1, -0.05) is 60.5 Å². The molecule has 224 valence electrons. The van der Waals surface area contributed by atoms with Gasteiger partial charge in [-0.25, -0.2) is 8.42 Å². The minimum absolute atomic E-state index is 0.0157. The first-order valence-electron chi connectivity index (χ1n) is 15.2. The summed E-state index contributed by atoms with van der Waals surface area (Å²) in [6, 6.07) is -1.42. The smallest absolute Gasteiger partial charge is 0.240 e. The van der Waals surface area contributed by atoms with E-state index in [9.17, 15) is 22.8 Å². The van der Waals surface area contributed by atoms with E-state index in [-0.39, 0.29) is 40.3 Å². The molecular weight excluding hydrogens is 526 g/mol. The van der Waals surface area contributed by atoms with E-state index in [2.05, 4.69) is 25.1 Å². The Hall–Kier alpha value is -1.74. The molecule has 2 spiro atoms. The molecule has 0 aromatic heterocycles.